The average molecular weight is 301 g/mol. The van der Waals surface area contributed by atoms with E-state index in [0.29, 0.717) is 22.4 Å². The second-order valence-corrected chi connectivity index (χ2v) is 7.19. The molecule has 3 heteroatoms. The maximum absolute atomic E-state index is 10.6. The first-order chi connectivity index (χ1) is 8.90. The zero-order valence-electron chi connectivity index (χ0n) is 11.6. The number of hydrogen-bond acceptors (Lipinski definition) is 1. The third-order valence-corrected chi connectivity index (χ3v) is 5.10. The van der Waals surface area contributed by atoms with E-state index in [1.807, 2.05) is 6.07 Å². The molecule has 0 spiro atoms. The van der Waals surface area contributed by atoms with Gasteiger partial charge in [0.05, 0.1) is 6.10 Å². The largest absolute Gasteiger partial charge is 0.392 e. The summed E-state index contributed by atoms with van der Waals surface area (Å²) in [5, 5.41) is 11.9. The molecule has 0 bridgehead atoms. The van der Waals surface area contributed by atoms with E-state index in [1.165, 1.54) is 19.3 Å². The number of halogens is 2. The van der Waals surface area contributed by atoms with Crippen molar-refractivity contribution in [3.63, 3.8) is 0 Å². The van der Waals surface area contributed by atoms with Crippen LogP contribution < -0.4 is 0 Å². The summed E-state index contributed by atoms with van der Waals surface area (Å²) in [6, 6.07) is 5.45. The third kappa shape index (κ3) is 3.65. The van der Waals surface area contributed by atoms with Crippen LogP contribution in [0.25, 0.3) is 0 Å². The highest BCUT2D eigenvalue weighted by Crippen LogP contribution is 2.43. The molecule has 1 aliphatic rings. The monoisotopic (exact) mass is 300 g/mol. The molecule has 2 atom stereocenters. The van der Waals surface area contributed by atoms with Crippen molar-refractivity contribution in [1.82, 2.24) is 0 Å². The summed E-state index contributed by atoms with van der Waals surface area (Å²) in [7, 11) is 0. The molecule has 1 aliphatic carbocycles. The Balaban J connectivity index is 2.11. The lowest BCUT2D eigenvalue weighted by molar-refractivity contribution is 0.00581. The first kappa shape index (κ1) is 15.2. The Morgan fingerprint density at radius 2 is 2.05 bits per heavy atom. The minimum Gasteiger partial charge on any atom is -0.392 e. The van der Waals surface area contributed by atoms with Gasteiger partial charge in [-0.25, -0.2) is 0 Å². The van der Waals surface area contributed by atoms with E-state index >= 15 is 0 Å². The van der Waals surface area contributed by atoms with Gasteiger partial charge in [0.2, 0.25) is 0 Å². The molecule has 1 fully saturated rings. The molecule has 1 N–H and O–H groups in total. The minimum absolute atomic E-state index is 0.211. The molecule has 19 heavy (non-hydrogen) atoms. The fourth-order valence-electron chi connectivity index (χ4n) is 3.30. The fraction of sp³-hybridized carbons (Fsp3) is 0.625. The molecule has 1 saturated carbocycles. The van der Waals surface area contributed by atoms with Crippen molar-refractivity contribution in [1.29, 1.82) is 0 Å². The van der Waals surface area contributed by atoms with Gasteiger partial charge in [-0.3, -0.25) is 0 Å². The van der Waals surface area contributed by atoms with Crippen LogP contribution in [0.1, 0.15) is 45.1 Å². The van der Waals surface area contributed by atoms with Gasteiger partial charge in [-0.05, 0) is 47.9 Å². The molecular formula is C16H22Cl2O. The van der Waals surface area contributed by atoms with Crippen LogP contribution in [0, 0.1) is 11.3 Å². The van der Waals surface area contributed by atoms with Crippen LogP contribution >= 0.6 is 23.2 Å². The van der Waals surface area contributed by atoms with Crippen molar-refractivity contribution in [2.45, 2.75) is 52.1 Å². The Morgan fingerprint density at radius 1 is 1.32 bits per heavy atom. The predicted molar refractivity (Wildman–Crippen MR) is 81.9 cm³/mol. The molecular weight excluding hydrogens is 279 g/mol. The van der Waals surface area contributed by atoms with E-state index in [4.69, 9.17) is 23.2 Å². The van der Waals surface area contributed by atoms with Gasteiger partial charge in [-0.1, -0.05) is 49.9 Å². The molecule has 2 unspecified atom stereocenters. The van der Waals surface area contributed by atoms with Gasteiger partial charge in [0.1, 0.15) is 0 Å². The number of aliphatic hydroxyl groups is 1. The van der Waals surface area contributed by atoms with Crippen molar-refractivity contribution in [2.24, 2.45) is 11.3 Å². The van der Waals surface area contributed by atoms with Crippen molar-refractivity contribution < 1.29 is 5.11 Å². The Hall–Kier alpha value is -0.240. The maximum atomic E-state index is 10.6. The van der Waals surface area contributed by atoms with Crippen molar-refractivity contribution in [2.75, 3.05) is 0 Å². The zero-order chi connectivity index (χ0) is 14.0. The first-order valence-corrected chi connectivity index (χ1v) is 7.78. The Kier molecular flexibility index (Phi) is 4.81. The maximum Gasteiger partial charge on any atom is 0.0614 e. The topological polar surface area (TPSA) is 20.2 Å². The molecule has 1 nitrogen and oxygen atoms in total. The molecule has 0 amide bonds. The molecule has 1 aromatic rings. The quantitative estimate of drug-likeness (QED) is 0.822. The van der Waals surface area contributed by atoms with Gasteiger partial charge < -0.3 is 5.11 Å². The summed E-state index contributed by atoms with van der Waals surface area (Å²) < 4.78 is 0. The van der Waals surface area contributed by atoms with E-state index in [9.17, 15) is 5.11 Å². The molecule has 0 saturated heterocycles. The Bertz CT molecular complexity index is 442. The molecule has 106 valence electrons. The van der Waals surface area contributed by atoms with Crippen molar-refractivity contribution in [3.8, 4) is 0 Å². The molecule has 0 aromatic heterocycles. The van der Waals surface area contributed by atoms with Crippen molar-refractivity contribution in [3.05, 3.63) is 33.8 Å². The molecule has 0 radical (unpaired) electrons. The number of benzene rings is 1. The number of aliphatic hydroxyl groups excluding tert-OH is 1. The van der Waals surface area contributed by atoms with Gasteiger partial charge in [-0.15, -0.1) is 0 Å². The second kappa shape index (κ2) is 6.03. The third-order valence-electron chi connectivity index (χ3n) is 4.49. The van der Waals surface area contributed by atoms with E-state index in [2.05, 4.69) is 13.8 Å². The van der Waals surface area contributed by atoms with Gasteiger partial charge in [-0.2, -0.15) is 0 Å². The van der Waals surface area contributed by atoms with E-state index in [1.54, 1.807) is 12.1 Å². The zero-order valence-corrected chi connectivity index (χ0v) is 13.1. The molecule has 0 aliphatic heterocycles. The van der Waals surface area contributed by atoms with Crippen LogP contribution in [0.4, 0.5) is 0 Å². The summed E-state index contributed by atoms with van der Waals surface area (Å²) in [5.41, 5.74) is 1.16. The van der Waals surface area contributed by atoms with Gasteiger partial charge in [0, 0.05) is 16.5 Å². The van der Waals surface area contributed by atoms with Crippen LogP contribution in [0.3, 0.4) is 0 Å². The lowest BCUT2D eigenvalue weighted by Gasteiger charge is -2.41. The van der Waals surface area contributed by atoms with Crippen LogP contribution in [-0.2, 0) is 6.42 Å². The minimum atomic E-state index is -0.341. The summed E-state index contributed by atoms with van der Waals surface area (Å²) in [5.74, 6) is 0.344. The second-order valence-electron chi connectivity index (χ2n) is 6.35. The summed E-state index contributed by atoms with van der Waals surface area (Å²) in [6.07, 6.45) is 5.03. The van der Waals surface area contributed by atoms with E-state index in [-0.39, 0.29) is 11.5 Å². The van der Waals surface area contributed by atoms with Gasteiger partial charge >= 0.3 is 0 Å². The highest BCUT2D eigenvalue weighted by atomic mass is 35.5. The lowest BCUT2D eigenvalue weighted by atomic mass is 9.66. The van der Waals surface area contributed by atoms with Crippen LogP contribution in [0.5, 0.6) is 0 Å². The van der Waals surface area contributed by atoms with Crippen LogP contribution in [-0.4, -0.2) is 11.2 Å². The van der Waals surface area contributed by atoms with E-state index in [0.717, 1.165) is 12.0 Å². The van der Waals surface area contributed by atoms with Crippen LogP contribution in [0.15, 0.2) is 18.2 Å². The lowest BCUT2D eigenvalue weighted by Crippen LogP contribution is -2.37. The SMILES string of the molecule is CC1(C)CCCCC1C(O)Cc1cc(Cl)ccc1Cl. The fourth-order valence-corrected chi connectivity index (χ4v) is 3.69. The normalized spacial score (nSPS) is 24.2. The molecule has 1 aromatic carbocycles. The molecule has 2 rings (SSSR count). The Labute approximate surface area is 125 Å². The van der Waals surface area contributed by atoms with E-state index < -0.39 is 0 Å². The Morgan fingerprint density at radius 3 is 2.74 bits per heavy atom. The number of rotatable bonds is 3. The van der Waals surface area contributed by atoms with Gasteiger partial charge in [0.25, 0.3) is 0 Å². The van der Waals surface area contributed by atoms with Crippen LogP contribution in [0.2, 0.25) is 10.0 Å². The predicted octanol–water partition coefficient (Wildman–Crippen LogP) is 5.11. The summed E-state index contributed by atoms with van der Waals surface area (Å²) in [6.45, 7) is 4.53. The average Bonchev–Trinajstić information content (AvgIpc) is 2.33. The highest BCUT2D eigenvalue weighted by molar-refractivity contribution is 6.33. The smallest absolute Gasteiger partial charge is 0.0614 e. The molecule has 0 heterocycles. The highest BCUT2D eigenvalue weighted by Gasteiger charge is 2.36. The van der Waals surface area contributed by atoms with Gasteiger partial charge in [0.15, 0.2) is 0 Å². The number of hydrogen-bond donors (Lipinski definition) is 1. The van der Waals surface area contributed by atoms with Crippen molar-refractivity contribution >= 4 is 23.2 Å². The first-order valence-electron chi connectivity index (χ1n) is 7.02. The summed E-state index contributed by atoms with van der Waals surface area (Å²) in [4.78, 5) is 0. The summed E-state index contributed by atoms with van der Waals surface area (Å²) >= 11 is 12.2. The standard InChI is InChI=1S/C16H22Cl2O/c1-16(2)8-4-3-5-13(16)15(19)10-11-9-12(17)6-7-14(11)18/h6-7,9,13,15,19H,3-5,8,10H2,1-2H3.